The Bertz CT molecular complexity index is 1330. The predicted molar refractivity (Wildman–Crippen MR) is 131 cm³/mol. The van der Waals surface area contributed by atoms with E-state index in [-0.39, 0.29) is 24.0 Å². The molecule has 37 heavy (non-hydrogen) atoms. The number of ketones is 1. The molecule has 0 heterocycles. The van der Waals surface area contributed by atoms with E-state index in [9.17, 15) is 39.7 Å². The average molecular weight is 506 g/mol. The zero-order valence-corrected chi connectivity index (χ0v) is 19.3. The molecule has 2 atom stereocenters. The summed E-state index contributed by atoms with van der Waals surface area (Å²) >= 11 is 0. The molecule has 0 bridgehead atoms. The van der Waals surface area contributed by atoms with Gasteiger partial charge in [0.25, 0.3) is 11.4 Å². The van der Waals surface area contributed by atoms with E-state index in [4.69, 9.17) is 5.73 Å². The molecule has 4 N–H and O–H groups in total. The van der Waals surface area contributed by atoms with E-state index in [2.05, 4.69) is 5.32 Å². The first-order chi connectivity index (χ1) is 17.5. The minimum Gasteiger partial charge on any atom is -0.481 e. The molecule has 0 aliphatic heterocycles. The standard InChI is InChI=1S/C25H22N4O8/c26-21(13-23(30)27-22(14-24(31)32)15-5-2-1-3-6-15)16-7-4-8-17(9-16)25(33)18-10-19(28(34)35)12-20(11-18)29(36)37/h1-12,21-22H,13-14,26H2,(H,27,30)(H,31,32)/t21-,22-/m0/s1. The molecule has 0 fully saturated rings. The van der Waals surface area contributed by atoms with Gasteiger partial charge in [0.1, 0.15) is 0 Å². The largest absolute Gasteiger partial charge is 0.481 e. The smallest absolute Gasteiger partial charge is 0.305 e. The number of carboxylic acids is 1. The van der Waals surface area contributed by atoms with Gasteiger partial charge in [-0.25, -0.2) is 0 Å². The van der Waals surface area contributed by atoms with Crippen molar-refractivity contribution in [2.24, 2.45) is 5.73 Å². The van der Waals surface area contributed by atoms with E-state index in [1.807, 2.05) is 0 Å². The van der Waals surface area contributed by atoms with E-state index in [1.165, 1.54) is 18.2 Å². The summed E-state index contributed by atoms with van der Waals surface area (Å²) < 4.78 is 0. The Kier molecular flexibility index (Phi) is 8.38. The first kappa shape index (κ1) is 26.6. The van der Waals surface area contributed by atoms with E-state index < -0.39 is 51.0 Å². The summed E-state index contributed by atoms with van der Waals surface area (Å²) in [4.78, 5) is 57.5. The van der Waals surface area contributed by atoms with Crippen LogP contribution in [0.3, 0.4) is 0 Å². The number of nitrogens with zero attached hydrogens (tertiary/aromatic N) is 2. The van der Waals surface area contributed by atoms with Crippen LogP contribution in [-0.2, 0) is 9.59 Å². The molecule has 3 rings (SSSR count). The molecule has 0 radical (unpaired) electrons. The Hall–Kier alpha value is -4.97. The highest BCUT2D eigenvalue weighted by atomic mass is 16.6. The molecule has 12 heteroatoms. The number of hydrogen-bond acceptors (Lipinski definition) is 8. The van der Waals surface area contributed by atoms with Gasteiger partial charge in [-0.1, -0.05) is 48.5 Å². The molecular weight excluding hydrogens is 484 g/mol. The Morgan fingerprint density at radius 2 is 1.41 bits per heavy atom. The maximum absolute atomic E-state index is 13.0. The fraction of sp³-hybridized carbons (Fsp3) is 0.160. The second-order valence-electron chi connectivity index (χ2n) is 8.15. The number of benzene rings is 3. The molecule has 12 nitrogen and oxygen atoms in total. The highest BCUT2D eigenvalue weighted by molar-refractivity contribution is 6.09. The van der Waals surface area contributed by atoms with Gasteiger partial charge in [0.05, 0.1) is 28.4 Å². The van der Waals surface area contributed by atoms with Crippen molar-refractivity contribution >= 4 is 29.0 Å². The van der Waals surface area contributed by atoms with Crippen LogP contribution in [0.5, 0.6) is 0 Å². The summed E-state index contributed by atoms with van der Waals surface area (Å²) in [7, 11) is 0. The molecule has 1 amide bonds. The summed E-state index contributed by atoms with van der Waals surface area (Å²) in [6.07, 6.45) is -0.548. The summed E-state index contributed by atoms with van der Waals surface area (Å²) in [5.74, 6) is -2.30. The Morgan fingerprint density at radius 1 is 0.811 bits per heavy atom. The fourth-order valence-electron chi connectivity index (χ4n) is 3.70. The number of carboxylic acid groups (broad SMARTS) is 1. The number of aliphatic carboxylic acids is 1. The van der Waals surface area contributed by atoms with Crippen molar-refractivity contribution in [3.05, 3.63) is 115 Å². The van der Waals surface area contributed by atoms with Crippen LogP contribution in [0.1, 0.15) is 52.0 Å². The Balaban J connectivity index is 1.78. The summed E-state index contributed by atoms with van der Waals surface area (Å²) in [5.41, 5.74) is 5.81. The number of carbonyl (C=O) groups excluding carboxylic acids is 2. The lowest BCUT2D eigenvalue weighted by molar-refractivity contribution is -0.394. The number of hydrogen-bond donors (Lipinski definition) is 3. The van der Waals surface area contributed by atoms with Crippen LogP contribution in [0.2, 0.25) is 0 Å². The Morgan fingerprint density at radius 3 is 1.97 bits per heavy atom. The van der Waals surface area contributed by atoms with Crippen LogP contribution in [0.25, 0.3) is 0 Å². The third-order valence-corrected chi connectivity index (χ3v) is 5.48. The molecule has 0 spiro atoms. The highest BCUT2D eigenvalue weighted by Crippen LogP contribution is 2.26. The lowest BCUT2D eigenvalue weighted by Crippen LogP contribution is -2.32. The van der Waals surface area contributed by atoms with Crippen LogP contribution in [0, 0.1) is 20.2 Å². The quantitative estimate of drug-likeness (QED) is 0.198. The first-order valence-electron chi connectivity index (χ1n) is 11.0. The van der Waals surface area contributed by atoms with Crippen LogP contribution in [0.4, 0.5) is 11.4 Å². The van der Waals surface area contributed by atoms with Gasteiger partial charge in [-0.15, -0.1) is 0 Å². The second-order valence-corrected chi connectivity index (χ2v) is 8.15. The van der Waals surface area contributed by atoms with Gasteiger partial charge in [-0.05, 0) is 17.2 Å². The van der Waals surface area contributed by atoms with Crippen molar-refractivity contribution < 1.29 is 29.3 Å². The molecule has 0 saturated heterocycles. The fourth-order valence-corrected chi connectivity index (χ4v) is 3.70. The number of rotatable bonds is 11. The Labute approximate surface area is 210 Å². The third kappa shape index (κ3) is 7.02. The molecule has 0 unspecified atom stereocenters. The molecule has 0 aromatic heterocycles. The van der Waals surface area contributed by atoms with Crippen molar-refractivity contribution in [1.29, 1.82) is 0 Å². The van der Waals surface area contributed by atoms with Crippen LogP contribution in [0.15, 0.2) is 72.8 Å². The van der Waals surface area contributed by atoms with Gasteiger partial charge in [0, 0.05) is 35.7 Å². The number of amides is 1. The molecule has 190 valence electrons. The van der Waals surface area contributed by atoms with Crippen LogP contribution in [-0.4, -0.2) is 32.6 Å². The lowest BCUT2D eigenvalue weighted by Gasteiger charge is -2.19. The predicted octanol–water partition coefficient (Wildman–Crippen LogP) is 3.46. The van der Waals surface area contributed by atoms with E-state index in [0.717, 1.165) is 18.2 Å². The monoisotopic (exact) mass is 506 g/mol. The molecular formula is C25H22N4O8. The molecule has 3 aromatic rings. The normalized spacial score (nSPS) is 12.2. The molecule has 0 aliphatic carbocycles. The second kappa shape index (κ2) is 11.6. The number of carbonyl (C=O) groups is 3. The van der Waals surface area contributed by atoms with Gasteiger partial charge in [0.2, 0.25) is 5.91 Å². The zero-order chi connectivity index (χ0) is 27.1. The number of nitrogens with one attached hydrogen (secondary N) is 1. The summed E-state index contributed by atoms with van der Waals surface area (Å²) in [6, 6.07) is 15.5. The lowest BCUT2D eigenvalue weighted by atomic mass is 9.96. The molecule has 0 saturated carbocycles. The van der Waals surface area contributed by atoms with Crippen molar-refractivity contribution in [2.75, 3.05) is 0 Å². The number of nitro groups is 2. The SMILES string of the molecule is N[C@@H](CC(=O)N[C@@H](CC(=O)O)c1ccccc1)c1cccc(C(=O)c2cc([N+](=O)[O-])cc([N+](=O)[O-])c2)c1. The number of nitro benzene ring substituents is 2. The van der Waals surface area contributed by atoms with Crippen molar-refractivity contribution in [3.63, 3.8) is 0 Å². The molecule has 3 aromatic carbocycles. The number of non-ortho nitro benzene ring substituents is 2. The summed E-state index contributed by atoms with van der Waals surface area (Å²) in [6.45, 7) is 0. The van der Waals surface area contributed by atoms with E-state index in [0.29, 0.717) is 11.1 Å². The van der Waals surface area contributed by atoms with E-state index in [1.54, 1.807) is 36.4 Å². The van der Waals surface area contributed by atoms with Crippen molar-refractivity contribution in [2.45, 2.75) is 24.9 Å². The van der Waals surface area contributed by atoms with Crippen molar-refractivity contribution in [1.82, 2.24) is 5.32 Å². The highest BCUT2D eigenvalue weighted by Gasteiger charge is 2.23. The maximum Gasteiger partial charge on any atom is 0.305 e. The minimum atomic E-state index is -1.09. The molecule has 0 aliphatic rings. The number of nitrogens with two attached hydrogens (primary N) is 1. The minimum absolute atomic E-state index is 0.0659. The first-order valence-corrected chi connectivity index (χ1v) is 11.0. The van der Waals surface area contributed by atoms with Gasteiger partial charge >= 0.3 is 5.97 Å². The van der Waals surface area contributed by atoms with E-state index >= 15 is 0 Å². The van der Waals surface area contributed by atoms with Crippen molar-refractivity contribution in [3.8, 4) is 0 Å². The van der Waals surface area contributed by atoms with Crippen LogP contribution >= 0.6 is 0 Å². The van der Waals surface area contributed by atoms with Crippen LogP contribution < -0.4 is 11.1 Å². The summed E-state index contributed by atoms with van der Waals surface area (Å²) in [5, 5.41) is 34.2. The van der Waals surface area contributed by atoms with Gasteiger partial charge in [-0.3, -0.25) is 34.6 Å². The van der Waals surface area contributed by atoms with Gasteiger partial charge < -0.3 is 16.2 Å². The average Bonchev–Trinajstić information content (AvgIpc) is 2.87. The maximum atomic E-state index is 13.0. The third-order valence-electron chi connectivity index (χ3n) is 5.48. The van der Waals surface area contributed by atoms with Gasteiger partial charge in [0.15, 0.2) is 5.78 Å². The van der Waals surface area contributed by atoms with Gasteiger partial charge in [-0.2, -0.15) is 0 Å². The topological polar surface area (TPSA) is 196 Å². The zero-order valence-electron chi connectivity index (χ0n) is 19.3.